The molecule has 0 amide bonds. The van der Waals surface area contributed by atoms with E-state index >= 15 is 0 Å². The summed E-state index contributed by atoms with van der Waals surface area (Å²) in [6.07, 6.45) is 12.3. The fourth-order valence-corrected chi connectivity index (χ4v) is 14.7. The normalized spacial score (nSPS) is 31.3. The minimum atomic E-state index is -2.84. The van der Waals surface area contributed by atoms with Crippen LogP contribution >= 0.6 is 0 Å². The second-order valence-corrected chi connectivity index (χ2v) is 20.1. The first-order valence-electron chi connectivity index (χ1n) is 17.4. The Balaban J connectivity index is 1.20. The quantitative estimate of drug-likeness (QED) is 0.126. The lowest BCUT2D eigenvalue weighted by Crippen LogP contribution is -2.66. The summed E-state index contributed by atoms with van der Waals surface area (Å²) in [6.45, 7) is 13.3. The standard InChI is InChI=1S/C40H52O5Si/c1-28(26-41)33-22-23-34-32-21-20-29-14-13-19-36(40(29,6)35(32)24-25-39(33,34)5)45-37(42)43-27-44-46(38(2,3)4,30-15-9-7-10-16-30)31-17-11-8-12-18-31/h7-12,15-18,20-21,26,28,33-36H,13-14,19,22-25,27H2,1-6H3/t28-,33-,34+,35+,36?,39-,40+/m1/s1. The van der Waals surface area contributed by atoms with Crippen molar-refractivity contribution in [3.05, 3.63) is 84.0 Å². The van der Waals surface area contributed by atoms with E-state index < -0.39 is 14.5 Å². The van der Waals surface area contributed by atoms with Crippen LogP contribution in [0.2, 0.25) is 5.04 Å². The van der Waals surface area contributed by atoms with Gasteiger partial charge in [-0.3, -0.25) is 0 Å². The van der Waals surface area contributed by atoms with Gasteiger partial charge in [-0.1, -0.05) is 126 Å². The van der Waals surface area contributed by atoms with E-state index in [1.807, 2.05) is 12.1 Å². The van der Waals surface area contributed by atoms with Gasteiger partial charge in [0.25, 0.3) is 8.32 Å². The van der Waals surface area contributed by atoms with Crippen LogP contribution in [0.25, 0.3) is 0 Å². The topological polar surface area (TPSA) is 61.8 Å². The van der Waals surface area contributed by atoms with Gasteiger partial charge in [-0.25, -0.2) is 4.79 Å². The van der Waals surface area contributed by atoms with Crippen LogP contribution in [-0.4, -0.2) is 33.7 Å². The predicted octanol–water partition coefficient (Wildman–Crippen LogP) is 8.38. The molecule has 7 atom stereocenters. The summed E-state index contributed by atoms with van der Waals surface area (Å²) >= 11 is 0. The number of aldehydes is 1. The summed E-state index contributed by atoms with van der Waals surface area (Å²) in [6, 6.07) is 20.8. The molecule has 0 N–H and O–H groups in total. The third-order valence-corrected chi connectivity index (χ3v) is 17.6. The summed E-state index contributed by atoms with van der Waals surface area (Å²) in [5.41, 5.74) is 2.80. The van der Waals surface area contributed by atoms with Crippen molar-refractivity contribution in [2.75, 3.05) is 6.79 Å². The molecule has 3 saturated carbocycles. The second kappa shape index (κ2) is 12.6. The van der Waals surface area contributed by atoms with Gasteiger partial charge in [0.2, 0.25) is 0 Å². The van der Waals surface area contributed by atoms with Crippen molar-refractivity contribution in [2.45, 2.75) is 97.6 Å². The SMILES string of the molecule is C[C@H](C=O)[C@H]1CC[C@H]2C3=CC=C4CCCC(OC(=O)OCO[Si](c5ccccc5)(c5ccccc5)C(C)(C)C)[C@]4(C)[C@H]3CC[C@]12C. The number of benzene rings is 2. The van der Waals surface area contributed by atoms with Gasteiger partial charge < -0.3 is 18.7 Å². The lowest BCUT2D eigenvalue weighted by atomic mass is 9.49. The number of fused-ring (bicyclic) bond motifs is 5. The molecule has 246 valence electrons. The number of hydrogen-bond donors (Lipinski definition) is 0. The minimum Gasteiger partial charge on any atom is -0.430 e. The van der Waals surface area contributed by atoms with Crippen LogP contribution in [0, 0.1) is 34.5 Å². The molecule has 2 aromatic carbocycles. The van der Waals surface area contributed by atoms with Crippen LogP contribution in [0.3, 0.4) is 0 Å². The van der Waals surface area contributed by atoms with E-state index in [0.717, 1.165) is 61.6 Å². The fourth-order valence-electron chi connectivity index (χ4n) is 10.3. The third kappa shape index (κ3) is 5.34. The molecule has 0 heterocycles. The number of ether oxygens (including phenoxy) is 2. The molecule has 3 fully saturated rings. The molecule has 0 saturated heterocycles. The maximum absolute atomic E-state index is 13.5. The molecule has 0 spiro atoms. The Hall–Kier alpha value is -2.96. The molecule has 46 heavy (non-hydrogen) atoms. The Morgan fingerprint density at radius 3 is 2.20 bits per heavy atom. The lowest BCUT2D eigenvalue weighted by Gasteiger charge is -2.56. The van der Waals surface area contributed by atoms with Crippen LogP contribution < -0.4 is 10.4 Å². The molecule has 0 aromatic heterocycles. The Morgan fingerprint density at radius 1 is 0.935 bits per heavy atom. The number of hydrogen-bond acceptors (Lipinski definition) is 5. The Bertz CT molecular complexity index is 1440. The molecule has 0 aliphatic heterocycles. The second-order valence-electron chi connectivity index (χ2n) is 15.8. The molecule has 6 rings (SSSR count). The highest BCUT2D eigenvalue weighted by molar-refractivity contribution is 6.99. The molecule has 0 bridgehead atoms. The number of carbonyl (C=O) groups excluding carboxylic acids is 2. The van der Waals surface area contributed by atoms with E-state index in [-0.39, 0.29) is 34.7 Å². The Kier molecular flexibility index (Phi) is 9.01. The van der Waals surface area contributed by atoms with Gasteiger partial charge >= 0.3 is 6.16 Å². The number of allylic oxidation sites excluding steroid dienone is 3. The highest BCUT2D eigenvalue weighted by Gasteiger charge is 2.59. The lowest BCUT2D eigenvalue weighted by molar-refractivity contribution is -0.113. The van der Waals surface area contributed by atoms with E-state index in [1.165, 1.54) is 11.1 Å². The van der Waals surface area contributed by atoms with E-state index in [9.17, 15) is 9.59 Å². The van der Waals surface area contributed by atoms with Gasteiger partial charge in [0, 0.05) is 11.3 Å². The summed E-state index contributed by atoms with van der Waals surface area (Å²) in [4.78, 5) is 25.3. The van der Waals surface area contributed by atoms with E-state index in [1.54, 1.807) is 0 Å². The molecule has 4 aliphatic carbocycles. The third-order valence-electron chi connectivity index (χ3n) is 12.6. The van der Waals surface area contributed by atoms with Crippen molar-refractivity contribution in [3.63, 3.8) is 0 Å². The molecular formula is C40H52O5Si. The molecule has 6 heteroatoms. The van der Waals surface area contributed by atoms with Crippen LogP contribution in [-0.2, 0) is 18.7 Å². The number of rotatable bonds is 8. The smallest absolute Gasteiger partial charge is 0.430 e. The highest BCUT2D eigenvalue weighted by atomic mass is 28.4. The van der Waals surface area contributed by atoms with Crippen LogP contribution in [0.4, 0.5) is 4.79 Å². The Morgan fingerprint density at radius 2 is 1.59 bits per heavy atom. The van der Waals surface area contributed by atoms with Crippen molar-refractivity contribution >= 4 is 31.1 Å². The van der Waals surface area contributed by atoms with Crippen molar-refractivity contribution in [1.29, 1.82) is 0 Å². The fraction of sp³-hybridized carbons (Fsp3) is 0.550. The van der Waals surface area contributed by atoms with Crippen LogP contribution in [0.15, 0.2) is 84.0 Å². The van der Waals surface area contributed by atoms with Crippen LogP contribution in [0.5, 0.6) is 0 Å². The van der Waals surface area contributed by atoms with Crippen molar-refractivity contribution in [1.82, 2.24) is 0 Å². The maximum Gasteiger partial charge on any atom is 0.510 e. The molecular weight excluding hydrogens is 589 g/mol. The largest absolute Gasteiger partial charge is 0.510 e. The predicted molar refractivity (Wildman–Crippen MR) is 185 cm³/mol. The first kappa shape index (κ1) is 33.0. The Labute approximate surface area is 276 Å². The monoisotopic (exact) mass is 640 g/mol. The zero-order valence-electron chi connectivity index (χ0n) is 28.6. The van der Waals surface area contributed by atoms with Crippen molar-refractivity contribution in [2.24, 2.45) is 34.5 Å². The molecule has 0 radical (unpaired) electrons. The van der Waals surface area contributed by atoms with Gasteiger partial charge in [-0.15, -0.1) is 0 Å². The summed E-state index contributed by atoms with van der Waals surface area (Å²) in [7, 11) is -2.84. The van der Waals surface area contributed by atoms with E-state index in [2.05, 4.69) is 102 Å². The van der Waals surface area contributed by atoms with Gasteiger partial charge in [0.1, 0.15) is 12.4 Å². The zero-order valence-corrected chi connectivity index (χ0v) is 29.6. The summed E-state index contributed by atoms with van der Waals surface area (Å²) < 4.78 is 18.9. The average Bonchev–Trinajstić information content (AvgIpc) is 3.40. The average molecular weight is 641 g/mol. The van der Waals surface area contributed by atoms with Gasteiger partial charge in [0.15, 0.2) is 6.79 Å². The minimum absolute atomic E-state index is 0.0871. The van der Waals surface area contributed by atoms with Crippen LogP contribution in [0.1, 0.15) is 86.5 Å². The van der Waals surface area contributed by atoms with Gasteiger partial charge in [-0.05, 0) is 83.5 Å². The first-order chi connectivity index (χ1) is 22.0. The summed E-state index contributed by atoms with van der Waals surface area (Å²) in [5, 5.41) is 2.06. The van der Waals surface area contributed by atoms with E-state index in [4.69, 9.17) is 13.9 Å². The van der Waals surface area contributed by atoms with Gasteiger partial charge in [0.05, 0.1) is 0 Å². The molecule has 2 aromatic rings. The first-order valence-corrected chi connectivity index (χ1v) is 19.3. The molecule has 4 aliphatic rings. The zero-order chi connectivity index (χ0) is 32.7. The van der Waals surface area contributed by atoms with Gasteiger partial charge in [-0.2, -0.15) is 0 Å². The molecule has 1 unspecified atom stereocenters. The number of carbonyl (C=O) groups is 2. The summed E-state index contributed by atoms with van der Waals surface area (Å²) in [5.74, 6) is 1.33. The maximum atomic E-state index is 13.5. The highest BCUT2D eigenvalue weighted by Crippen LogP contribution is 2.66. The van der Waals surface area contributed by atoms with Crippen molar-refractivity contribution in [3.8, 4) is 0 Å². The van der Waals surface area contributed by atoms with E-state index in [0.29, 0.717) is 17.8 Å². The van der Waals surface area contributed by atoms with Crippen molar-refractivity contribution < 1.29 is 23.5 Å². The molecule has 5 nitrogen and oxygen atoms in total.